The van der Waals surface area contributed by atoms with E-state index >= 15 is 0 Å². The smallest absolute Gasteiger partial charge is 0.343 e. The first-order chi connectivity index (χ1) is 18.4. The number of para-hydroxylation sites is 2. The molecule has 0 fully saturated rings. The lowest BCUT2D eigenvalue weighted by molar-refractivity contribution is -0.385. The second-order valence-corrected chi connectivity index (χ2v) is 8.39. The van der Waals surface area contributed by atoms with E-state index in [0.717, 1.165) is 10.2 Å². The lowest BCUT2D eigenvalue weighted by Crippen LogP contribution is -2.20. The molecule has 0 N–H and O–H groups in total. The van der Waals surface area contributed by atoms with Gasteiger partial charge in [-0.2, -0.15) is 9.78 Å². The standard InChI is InChI=1S/C29H20N4O5/c1-19-9-7-12-21(17-19)29(35)38-26-22(13-8-16-25(26)33(36)37)18-30-32-27(20-10-3-2-4-11-20)31-24-15-6-5-14-23(24)28(32)34/h2-18H,1H3. The van der Waals surface area contributed by atoms with Crippen molar-refractivity contribution in [3.63, 3.8) is 0 Å². The number of nitrogens with zero attached hydrogens (tertiary/aromatic N) is 4. The van der Waals surface area contributed by atoms with Crippen molar-refractivity contribution in [1.82, 2.24) is 9.66 Å². The largest absolute Gasteiger partial charge is 0.415 e. The van der Waals surface area contributed by atoms with Crippen LogP contribution < -0.4 is 10.3 Å². The first-order valence-electron chi connectivity index (χ1n) is 11.6. The van der Waals surface area contributed by atoms with Gasteiger partial charge in [0, 0.05) is 17.2 Å². The highest BCUT2D eigenvalue weighted by atomic mass is 16.6. The van der Waals surface area contributed by atoms with Gasteiger partial charge >= 0.3 is 11.7 Å². The van der Waals surface area contributed by atoms with Crippen LogP contribution >= 0.6 is 0 Å². The van der Waals surface area contributed by atoms with Gasteiger partial charge in [-0.25, -0.2) is 9.78 Å². The number of fused-ring (bicyclic) bond motifs is 1. The van der Waals surface area contributed by atoms with E-state index < -0.39 is 22.1 Å². The van der Waals surface area contributed by atoms with Crippen molar-refractivity contribution < 1.29 is 14.5 Å². The average molecular weight is 505 g/mol. The van der Waals surface area contributed by atoms with Crippen molar-refractivity contribution in [2.45, 2.75) is 6.92 Å². The van der Waals surface area contributed by atoms with Gasteiger partial charge in [0.25, 0.3) is 5.56 Å². The van der Waals surface area contributed by atoms with Crippen molar-refractivity contribution >= 4 is 28.8 Å². The minimum Gasteiger partial charge on any atom is -0.415 e. The van der Waals surface area contributed by atoms with Crippen molar-refractivity contribution in [3.8, 4) is 17.1 Å². The molecule has 38 heavy (non-hydrogen) atoms. The number of aromatic nitrogens is 2. The molecule has 9 nitrogen and oxygen atoms in total. The first kappa shape index (κ1) is 24.3. The summed E-state index contributed by atoms with van der Waals surface area (Å²) in [6, 6.07) is 26.8. The lowest BCUT2D eigenvalue weighted by atomic mass is 10.1. The maximum Gasteiger partial charge on any atom is 0.343 e. The van der Waals surface area contributed by atoms with Crippen LogP contribution in [-0.2, 0) is 0 Å². The highest BCUT2D eigenvalue weighted by Gasteiger charge is 2.22. The van der Waals surface area contributed by atoms with Gasteiger partial charge in [-0.3, -0.25) is 14.9 Å². The van der Waals surface area contributed by atoms with Gasteiger partial charge in [0.2, 0.25) is 5.75 Å². The van der Waals surface area contributed by atoms with Crippen LogP contribution in [0.25, 0.3) is 22.3 Å². The quantitative estimate of drug-likeness (QED) is 0.101. The maximum absolute atomic E-state index is 13.4. The van der Waals surface area contributed by atoms with Crippen molar-refractivity contribution in [2.24, 2.45) is 5.10 Å². The number of esters is 1. The number of hydrogen-bond acceptors (Lipinski definition) is 7. The summed E-state index contributed by atoms with van der Waals surface area (Å²) in [6.45, 7) is 1.82. The van der Waals surface area contributed by atoms with Crippen LogP contribution in [0.3, 0.4) is 0 Å². The normalized spacial score (nSPS) is 11.1. The maximum atomic E-state index is 13.4. The Balaban J connectivity index is 1.64. The number of rotatable bonds is 6. The van der Waals surface area contributed by atoms with Crippen LogP contribution in [0.1, 0.15) is 21.5 Å². The molecule has 0 saturated heterocycles. The van der Waals surface area contributed by atoms with Gasteiger partial charge < -0.3 is 4.74 Å². The molecule has 186 valence electrons. The summed E-state index contributed by atoms with van der Waals surface area (Å²) in [4.78, 5) is 42.0. The van der Waals surface area contributed by atoms with Crippen LogP contribution in [0.2, 0.25) is 0 Å². The summed E-state index contributed by atoms with van der Waals surface area (Å²) in [5.41, 5.74) is 1.53. The molecule has 0 aliphatic rings. The Morgan fingerprint density at radius 3 is 2.47 bits per heavy atom. The molecular formula is C29H20N4O5. The van der Waals surface area contributed by atoms with E-state index in [2.05, 4.69) is 10.1 Å². The molecule has 0 amide bonds. The molecule has 0 bridgehead atoms. The highest BCUT2D eigenvalue weighted by molar-refractivity contribution is 5.94. The third-order valence-electron chi connectivity index (χ3n) is 5.77. The molecule has 0 saturated carbocycles. The number of carbonyl (C=O) groups is 1. The lowest BCUT2D eigenvalue weighted by Gasteiger charge is -2.10. The molecule has 4 aromatic carbocycles. The molecule has 0 aliphatic heterocycles. The van der Waals surface area contributed by atoms with E-state index in [-0.39, 0.29) is 22.7 Å². The van der Waals surface area contributed by atoms with Gasteiger partial charge in [-0.1, -0.05) is 66.2 Å². The Morgan fingerprint density at radius 2 is 1.71 bits per heavy atom. The fraction of sp³-hybridized carbons (Fsp3) is 0.0345. The Morgan fingerprint density at radius 1 is 0.974 bits per heavy atom. The minimum atomic E-state index is -0.757. The number of benzene rings is 4. The fourth-order valence-corrected chi connectivity index (χ4v) is 3.95. The Hall–Kier alpha value is -5.44. The van der Waals surface area contributed by atoms with E-state index in [1.807, 2.05) is 31.2 Å². The molecule has 0 aliphatic carbocycles. The number of nitro groups is 1. The number of hydrogen-bond donors (Lipinski definition) is 0. The van der Waals surface area contributed by atoms with Gasteiger partial charge in [0.15, 0.2) is 5.82 Å². The molecule has 5 aromatic rings. The molecule has 0 radical (unpaired) electrons. The Labute approximate surface area is 216 Å². The molecular weight excluding hydrogens is 484 g/mol. The molecule has 5 rings (SSSR count). The van der Waals surface area contributed by atoms with E-state index in [0.29, 0.717) is 16.5 Å². The summed E-state index contributed by atoms with van der Waals surface area (Å²) in [5.74, 6) is -0.753. The minimum absolute atomic E-state index is 0.138. The molecule has 0 unspecified atom stereocenters. The van der Waals surface area contributed by atoms with Crippen LogP contribution in [-0.4, -0.2) is 26.8 Å². The Kier molecular flexibility index (Phi) is 6.56. The molecule has 0 spiro atoms. The molecule has 1 heterocycles. The zero-order chi connectivity index (χ0) is 26.6. The van der Waals surface area contributed by atoms with Crippen LogP contribution in [0.15, 0.2) is 107 Å². The van der Waals surface area contributed by atoms with Crippen LogP contribution in [0.4, 0.5) is 5.69 Å². The zero-order valence-electron chi connectivity index (χ0n) is 20.1. The van der Waals surface area contributed by atoms with Gasteiger partial charge in [0.05, 0.1) is 27.6 Å². The molecule has 1 aromatic heterocycles. The average Bonchev–Trinajstić information content (AvgIpc) is 2.93. The van der Waals surface area contributed by atoms with E-state index in [1.165, 1.54) is 24.4 Å². The number of ether oxygens (including phenoxy) is 1. The van der Waals surface area contributed by atoms with Crippen molar-refractivity contribution in [1.29, 1.82) is 0 Å². The van der Waals surface area contributed by atoms with E-state index in [1.54, 1.807) is 54.6 Å². The van der Waals surface area contributed by atoms with E-state index in [4.69, 9.17) is 4.74 Å². The summed E-state index contributed by atoms with van der Waals surface area (Å²) < 4.78 is 6.64. The summed E-state index contributed by atoms with van der Waals surface area (Å²) in [7, 11) is 0. The predicted octanol–water partition coefficient (Wildman–Crippen LogP) is 5.38. The molecule has 0 atom stereocenters. The third kappa shape index (κ3) is 4.80. The van der Waals surface area contributed by atoms with Crippen molar-refractivity contribution in [2.75, 3.05) is 0 Å². The van der Waals surface area contributed by atoms with Gasteiger partial charge in [0.1, 0.15) is 0 Å². The van der Waals surface area contributed by atoms with Gasteiger partial charge in [-0.05, 0) is 37.3 Å². The van der Waals surface area contributed by atoms with Gasteiger partial charge in [-0.15, -0.1) is 0 Å². The van der Waals surface area contributed by atoms with Crippen molar-refractivity contribution in [3.05, 3.63) is 134 Å². The number of carbonyl (C=O) groups excluding carboxylic acids is 1. The summed E-state index contributed by atoms with van der Waals surface area (Å²) >= 11 is 0. The third-order valence-corrected chi connectivity index (χ3v) is 5.77. The predicted molar refractivity (Wildman–Crippen MR) is 144 cm³/mol. The zero-order valence-corrected chi connectivity index (χ0v) is 20.1. The second-order valence-electron chi connectivity index (χ2n) is 8.39. The monoisotopic (exact) mass is 504 g/mol. The number of nitro benzene ring substituents is 1. The Bertz CT molecular complexity index is 1780. The molecule has 9 heteroatoms. The summed E-state index contributed by atoms with van der Waals surface area (Å²) in [5, 5.41) is 16.5. The summed E-state index contributed by atoms with van der Waals surface area (Å²) in [6.07, 6.45) is 1.25. The fourth-order valence-electron chi connectivity index (χ4n) is 3.95. The van der Waals surface area contributed by atoms with E-state index in [9.17, 15) is 19.7 Å². The number of aryl methyl sites for hydroxylation is 1. The van der Waals surface area contributed by atoms with Crippen LogP contribution in [0, 0.1) is 17.0 Å². The highest BCUT2D eigenvalue weighted by Crippen LogP contribution is 2.31. The second kappa shape index (κ2) is 10.3. The first-order valence-corrected chi connectivity index (χ1v) is 11.6. The topological polar surface area (TPSA) is 117 Å². The SMILES string of the molecule is Cc1cccc(C(=O)Oc2c(C=Nn3c(-c4ccccc4)nc4ccccc4c3=O)cccc2[N+](=O)[O-])c1. The van der Waals surface area contributed by atoms with Crippen LogP contribution in [0.5, 0.6) is 5.75 Å².